The average molecular weight is 163 g/mol. The lowest BCUT2D eigenvalue weighted by molar-refractivity contribution is 0.768. The van der Waals surface area contributed by atoms with Crippen LogP contribution in [-0.4, -0.2) is 25.0 Å². The molecule has 2 rings (SSSR count). The van der Waals surface area contributed by atoms with Gasteiger partial charge in [-0.3, -0.25) is 9.78 Å². The molecule has 0 saturated carbocycles. The van der Waals surface area contributed by atoms with Gasteiger partial charge in [-0.15, -0.1) is 0 Å². The minimum absolute atomic E-state index is 0.695. The summed E-state index contributed by atoms with van der Waals surface area (Å²) >= 11 is 0. The van der Waals surface area contributed by atoms with Crippen LogP contribution in [0.1, 0.15) is 5.82 Å². The maximum absolute atomic E-state index is 4.17. The molecule has 0 aliphatic heterocycles. The van der Waals surface area contributed by atoms with Gasteiger partial charge in [0, 0.05) is 13.2 Å². The lowest BCUT2D eigenvalue weighted by Gasteiger charge is -1.83. The van der Waals surface area contributed by atoms with Crippen LogP contribution in [0, 0.1) is 6.92 Å². The van der Waals surface area contributed by atoms with Crippen LogP contribution in [0.5, 0.6) is 0 Å². The average Bonchev–Trinajstić information content (AvgIpc) is 2.58. The van der Waals surface area contributed by atoms with Crippen LogP contribution >= 0.6 is 0 Å². The Morgan fingerprint density at radius 3 is 2.83 bits per heavy atom. The predicted molar refractivity (Wildman–Crippen MR) is 43.3 cm³/mol. The van der Waals surface area contributed by atoms with Gasteiger partial charge in [0.25, 0.3) is 0 Å². The predicted octanol–water partition coefficient (Wildman–Crippen LogP) is 0.514. The van der Waals surface area contributed by atoms with Crippen molar-refractivity contribution >= 4 is 0 Å². The molecule has 0 fully saturated rings. The zero-order valence-electron chi connectivity index (χ0n) is 6.94. The normalized spacial score (nSPS) is 10.5. The summed E-state index contributed by atoms with van der Waals surface area (Å²) in [7, 11) is 1.86. The van der Waals surface area contributed by atoms with Gasteiger partial charge in [-0.25, -0.2) is 4.98 Å². The van der Waals surface area contributed by atoms with Gasteiger partial charge < -0.3 is 0 Å². The number of H-pyrrole nitrogens is 1. The molecule has 0 saturated heterocycles. The van der Waals surface area contributed by atoms with Crippen molar-refractivity contribution in [1.29, 1.82) is 0 Å². The molecule has 0 radical (unpaired) electrons. The topological polar surface area (TPSA) is 59.4 Å². The maximum atomic E-state index is 4.17. The molecule has 0 spiro atoms. The van der Waals surface area contributed by atoms with Crippen LogP contribution in [0.15, 0.2) is 12.4 Å². The fourth-order valence-corrected chi connectivity index (χ4v) is 1.01. The van der Waals surface area contributed by atoms with E-state index in [4.69, 9.17) is 0 Å². The number of rotatable bonds is 1. The molecule has 1 N–H and O–H groups in total. The van der Waals surface area contributed by atoms with E-state index >= 15 is 0 Å². The van der Waals surface area contributed by atoms with Gasteiger partial charge in [-0.2, -0.15) is 10.2 Å². The molecule has 5 nitrogen and oxygen atoms in total. The first kappa shape index (κ1) is 7.02. The van der Waals surface area contributed by atoms with E-state index in [9.17, 15) is 0 Å². The number of hydrogen-bond acceptors (Lipinski definition) is 3. The Kier molecular flexibility index (Phi) is 1.43. The zero-order valence-corrected chi connectivity index (χ0v) is 6.94. The molecule has 2 aromatic rings. The third-order valence-electron chi connectivity index (χ3n) is 1.56. The van der Waals surface area contributed by atoms with Crippen molar-refractivity contribution in [3.63, 3.8) is 0 Å². The van der Waals surface area contributed by atoms with E-state index in [1.54, 1.807) is 10.9 Å². The van der Waals surface area contributed by atoms with Gasteiger partial charge in [-0.1, -0.05) is 0 Å². The molecule has 2 aromatic heterocycles. The zero-order chi connectivity index (χ0) is 8.55. The Hall–Kier alpha value is -1.65. The maximum Gasteiger partial charge on any atom is 0.184 e. The van der Waals surface area contributed by atoms with Crippen molar-refractivity contribution in [3.8, 4) is 11.4 Å². The fraction of sp³-hybridized carbons (Fsp3) is 0.286. The molecule has 0 aliphatic carbocycles. The molecular formula is C7H9N5. The van der Waals surface area contributed by atoms with Crippen LogP contribution in [0.2, 0.25) is 0 Å². The first-order valence-electron chi connectivity index (χ1n) is 3.64. The van der Waals surface area contributed by atoms with Crippen LogP contribution in [0.25, 0.3) is 11.4 Å². The van der Waals surface area contributed by atoms with Crippen molar-refractivity contribution in [2.24, 2.45) is 7.05 Å². The standard InChI is InChI=1S/C7H9N5/c1-5-9-7(11-10-5)6-3-8-12(2)4-6/h3-4H,1-2H3,(H,9,10,11). The molecule has 0 unspecified atom stereocenters. The summed E-state index contributed by atoms with van der Waals surface area (Å²) in [5.74, 6) is 1.51. The summed E-state index contributed by atoms with van der Waals surface area (Å²) in [6.45, 7) is 1.87. The minimum atomic E-state index is 0.695. The van der Waals surface area contributed by atoms with Gasteiger partial charge in [0.1, 0.15) is 5.82 Å². The summed E-state index contributed by atoms with van der Waals surface area (Å²) < 4.78 is 1.72. The second-order valence-electron chi connectivity index (χ2n) is 2.65. The third-order valence-corrected chi connectivity index (χ3v) is 1.56. The molecule has 2 heterocycles. The number of hydrogen-bond donors (Lipinski definition) is 1. The number of aromatic nitrogens is 5. The van der Waals surface area contributed by atoms with E-state index in [0.29, 0.717) is 5.82 Å². The third kappa shape index (κ3) is 1.09. The summed E-state index contributed by atoms with van der Waals surface area (Å²) in [5.41, 5.74) is 0.932. The van der Waals surface area contributed by atoms with Crippen LogP contribution < -0.4 is 0 Å². The Labute approximate surface area is 69.4 Å². The quantitative estimate of drug-likeness (QED) is 0.666. The monoisotopic (exact) mass is 163 g/mol. The van der Waals surface area contributed by atoms with E-state index in [-0.39, 0.29) is 0 Å². The van der Waals surface area contributed by atoms with Gasteiger partial charge in [0.05, 0.1) is 11.8 Å². The lowest BCUT2D eigenvalue weighted by Crippen LogP contribution is -1.84. The highest BCUT2D eigenvalue weighted by Gasteiger charge is 2.04. The Morgan fingerprint density at radius 2 is 2.33 bits per heavy atom. The van der Waals surface area contributed by atoms with Crippen molar-refractivity contribution in [1.82, 2.24) is 25.0 Å². The summed E-state index contributed by atoms with van der Waals surface area (Å²) in [6.07, 6.45) is 3.62. The first-order valence-corrected chi connectivity index (χ1v) is 3.64. The largest absolute Gasteiger partial charge is 0.275 e. The van der Waals surface area contributed by atoms with Crippen LogP contribution in [0.3, 0.4) is 0 Å². The van der Waals surface area contributed by atoms with E-state index in [1.165, 1.54) is 0 Å². The Morgan fingerprint density at radius 1 is 1.50 bits per heavy atom. The Bertz CT molecular complexity index is 348. The van der Waals surface area contributed by atoms with E-state index in [2.05, 4.69) is 20.3 Å². The smallest absolute Gasteiger partial charge is 0.184 e. The molecule has 0 bridgehead atoms. The van der Waals surface area contributed by atoms with Crippen molar-refractivity contribution < 1.29 is 0 Å². The van der Waals surface area contributed by atoms with Crippen molar-refractivity contribution in [2.45, 2.75) is 6.92 Å². The highest BCUT2D eigenvalue weighted by atomic mass is 15.3. The van der Waals surface area contributed by atoms with Gasteiger partial charge in [-0.05, 0) is 6.92 Å². The number of nitrogens with zero attached hydrogens (tertiary/aromatic N) is 4. The summed E-state index contributed by atoms with van der Waals surface area (Å²) in [4.78, 5) is 4.17. The molecule has 5 heteroatoms. The van der Waals surface area contributed by atoms with Gasteiger partial charge >= 0.3 is 0 Å². The molecule has 62 valence electrons. The van der Waals surface area contributed by atoms with E-state index < -0.39 is 0 Å². The second kappa shape index (κ2) is 2.44. The van der Waals surface area contributed by atoms with Crippen molar-refractivity contribution in [3.05, 3.63) is 18.2 Å². The van der Waals surface area contributed by atoms with Crippen LogP contribution in [0.4, 0.5) is 0 Å². The molecule has 0 aliphatic rings. The highest BCUT2D eigenvalue weighted by molar-refractivity contribution is 5.51. The van der Waals surface area contributed by atoms with Gasteiger partial charge in [0.15, 0.2) is 5.82 Å². The summed E-state index contributed by atoms with van der Waals surface area (Å²) in [6, 6.07) is 0. The minimum Gasteiger partial charge on any atom is -0.275 e. The van der Waals surface area contributed by atoms with Gasteiger partial charge in [0.2, 0.25) is 0 Å². The molecule has 0 atom stereocenters. The number of aromatic amines is 1. The highest BCUT2D eigenvalue weighted by Crippen LogP contribution is 2.11. The number of aryl methyl sites for hydroxylation is 2. The van der Waals surface area contributed by atoms with E-state index in [1.807, 2.05) is 20.2 Å². The van der Waals surface area contributed by atoms with Crippen molar-refractivity contribution in [2.75, 3.05) is 0 Å². The molecule has 12 heavy (non-hydrogen) atoms. The first-order chi connectivity index (χ1) is 5.75. The number of nitrogens with one attached hydrogen (secondary N) is 1. The summed E-state index contributed by atoms with van der Waals surface area (Å²) in [5, 5.41) is 10.8. The Balaban J connectivity index is 2.43. The lowest BCUT2D eigenvalue weighted by atomic mass is 10.3. The van der Waals surface area contributed by atoms with Crippen LogP contribution in [-0.2, 0) is 7.05 Å². The van der Waals surface area contributed by atoms with E-state index in [0.717, 1.165) is 11.4 Å². The molecular weight excluding hydrogens is 154 g/mol. The SMILES string of the molecule is Cc1nc(-c2cnn(C)c2)n[nH]1. The fourth-order valence-electron chi connectivity index (χ4n) is 1.01. The molecule has 0 amide bonds. The second-order valence-corrected chi connectivity index (χ2v) is 2.65. The molecule has 0 aromatic carbocycles.